The summed E-state index contributed by atoms with van der Waals surface area (Å²) in [7, 11) is 3.79. The molecule has 0 aromatic heterocycles. The monoisotopic (exact) mass is 388 g/mol. The highest BCUT2D eigenvalue weighted by molar-refractivity contribution is 6.04. The summed E-state index contributed by atoms with van der Waals surface area (Å²) in [5, 5.41) is 11.6. The molecule has 0 saturated carbocycles. The number of amides is 3. The fourth-order valence-electron chi connectivity index (χ4n) is 3.90. The molecule has 2 aliphatic heterocycles. The van der Waals surface area contributed by atoms with Crippen molar-refractivity contribution in [3.63, 3.8) is 0 Å². The van der Waals surface area contributed by atoms with Crippen molar-refractivity contribution < 1.29 is 19.5 Å². The van der Waals surface area contributed by atoms with Gasteiger partial charge in [-0.3, -0.25) is 19.7 Å². The van der Waals surface area contributed by atoms with Gasteiger partial charge in [-0.05, 0) is 43.4 Å². The topological polar surface area (TPSA) is 93.2 Å². The zero-order chi connectivity index (χ0) is 20.3. The molecule has 8 nitrogen and oxygen atoms in total. The number of nitrogens with zero attached hydrogens (tertiary/aromatic N) is 3. The molecular formula is C20H28N4O4. The fourth-order valence-corrected chi connectivity index (χ4v) is 3.90. The van der Waals surface area contributed by atoms with E-state index in [4.69, 9.17) is 0 Å². The van der Waals surface area contributed by atoms with Crippen LogP contribution in [0.3, 0.4) is 0 Å². The van der Waals surface area contributed by atoms with Crippen LogP contribution in [0.1, 0.15) is 25.7 Å². The molecular weight excluding hydrogens is 360 g/mol. The van der Waals surface area contributed by atoms with E-state index in [9.17, 15) is 19.5 Å². The summed E-state index contributed by atoms with van der Waals surface area (Å²) in [6, 6.07) is 5.15. The number of aliphatic hydroxyl groups is 1. The lowest BCUT2D eigenvalue weighted by molar-refractivity contribution is -0.134. The molecule has 2 saturated heterocycles. The molecule has 3 amide bonds. The third-order valence-corrected chi connectivity index (χ3v) is 5.62. The summed E-state index contributed by atoms with van der Waals surface area (Å²) < 4.78 is 0. The second kappa shape index (κ2) is 8.60. The van der Waals surface area contributed by atoms with Crippen molar-refractivity contribution in [2.75, 3.05) is 48.5 Å². The molecule has 0 aliphatic carbocycles. The third kappa shape index (κ3) is 4.11. The van der Waals surface area contributed by atoms with Gasteiger partial charge in [-0.1, -0.05) is 0 Å². The summed E-state index contributed by atoms with van der Waals surface area (Å²) in [4.78, 5) is 41.2. The van der Waals surface area contributed by atoms with Gasteiger partial charge in [-0.15, -0.1) is 0 Å². The van der Waals surface area contributed by atoms with Crippen molar-refractivity contribution in [2.45, 2.75) is 31.7 Å². The quantitative estimate of drug-likeness (QED) is 0.551. The Morgan fingerprint density at radius 2 is 1.89 bits per heavy atom. The average Bonchev–Trinajstić information content (AvgIpc) is 2.70. The Kier molecular flexibility index (Phi) is 6.18. The number of carbonyl (C=O) groups excluding carboxylic acids is 3. The zero-order valence-electron chi connectivity index (χ0n) is 16.4. The minimum absolute atomic E-state index is 0.218. The van der Waals surface area contributed by atoms with Crippen LogP contribution in [0.2, 0.25) is 0 Å². The maximum atomic E-state index is 12.3. The zero-order valence-corrected chi connectivity index (χ0v) is 16.4. The summed E-state index contributed by atoms with van der Waals surface area (Å²) in [6.07, 6.45) is 3.09. The Labute approximate surface area is 165 Å². The Bertz CT molecular complexity index is 744. The standard InChI is InChI=1S/C20H28N4O4/c1-22(2)18-11-15(23-9-7-14(12-25)8-10-23)3-4-16(18)24(13-26)17-5-6-19(27)21-20(17)28/h3-4,11,13-14,17,25H,5-10,12H2,1-2H3,(H,21,27,28). The highest BCUT2D eigenvalue weighted by atomic mass is 16.3. The van der Waals surface area contributed by atoms with E-state index < -0.39 is 11.9 Å². The van der Waals surface area contributed by atoms with Crippen LogP contribution >= 0.6 is 0 Å². The third-order valence-electron chi connectivity index (χ3n) is 5.62. The number of nitrogens with one attached hydrogen (secondary N) is 1. The first-order valence-electron chi connectivity index (χ1n) is 9.69. The normalized spacial score (nSPS) is 20.7. The van der Waals surface area contributed by atoms with Crippen molar-refractivity contribution in [2.24, 2.45) is 5.92 Å². The lowest BCUT2D eigenvalue weighted by atomic mass is 9.97. The van der Waals surface area contributed by atoms with Crippen LogP contribution in [-0.4, -0.2) is 63.2 Å². The summed E-state index contributed by atoms with van der Waals surface area (Å²) in [5.74, 6) is -0.383. The number of rotatable bonds is 6. The van der Waals surface area contributed by atoms with Crippen LogP contribution < -0.4 is 20.0 Å². The first-order valence-corrected chi connectivity index (χ1v) is 9.69. The van der Waals surface area contributed by atoms with E-state index in [0.29, 0.717) is 24.4 Å². The van der Waals surface area contributed by atoms with E-state index in [1.54, 1.807) is 0 Å². The van der Waals surface area contributed by atoms with Gasteiger partial charge in [0.15, 0.2) is 0 Å². The molecule has 0 radical (unpaired) electrons. The van der Waals surface area contributed by atoms with Crippen molar-refractivity contribution >= 4 is 35.3 Å². The molecule has 8 heteroatoms. The van der Waals surface area contributed by atoms with Crippen LogP contribution in [0.4, 0.5) is 17.1 Å². The lowest BCUT2D eigenvalue weighted by Gasteiger charge is -2.35. The first-order chi connectivity index (χ1) is 13.4. The molecule has 2 aliphatic rings. The van der Waals surface area contributed by atoms with E-state index in [1.807, 2.05) is 37.2 Å². The largest absolute Gasteiger partial charge is 0.396 e. The number of piperidine rings is 2. The minimum Gasteiger partial charge on any atom is -0.396 e. The summed E-state index contributed by atoms with van der Waals surface area (Å²) >= 11 is 0. The smallest absolute Gasteiger partial charge is 0.249 e. The Morgan fingerprint density at radius 3 is 2.46 bits per heavy atom. The van der Waals surface area contributed by atoms with Crippen molar-refractivity contribution in [1.29, 1.82) is 0 Å². The Balaban J connectivity index is 1.87. The average molecular weight is 388 g/mol. The second-order valence-corrected chi connectivity index (χ2v) is 7.66. The minimum atomic E-state index is -0.694. The molecule has 1 unspecified atom stereocenters. The maximum absolute atomic E-state index is 12.3. The highest BCUT2D eigenvalue weighted by Gasteiger charge is 2.33. The van der Waals surface area contributed by atoms with E-state index in [0.717, 1.165) is 37.3 Å². The number of aliphatic hydroxyl groups excluding tert-OH is 1. The first kappa shape index (κ1) is 20.1. The number of carbonyl (C=O) groups is 3. The van der Waals surface area contributed by atoms with Gasteiger partial charge < -0.3 is 19.8 Å². The van der Waals surface area contributed by atoms with Gasteiger partial charge in [-0.2, -0.15) is 0 Å². The Hall–Kier alpha value is -2.61. The van der Waals surface area contributed by atoms with E-state index in [1.165, 1.54) is 4.90 Å². The van der Waals surface area contributed by atoms with E-state index in [2.05, 4.69) is 10.2 Å². The van der Waals surface area contributed by atoms with Gasteiger partial charge in [0.25, 0.3) is 0 Å². The van der Waals surface area contributed by atoms with Gasteiger partial charge in [0.1, 0.15) is 6.04 Å². The van der Waals surface area contributed by atoms with Crippen molar-refractivity contribution in [3.8, 4) is 0 Å². The van der Waals surface area contributed by atoms with Crippen LogP contribution in [0.15, 0.2) is 18.2 Å². The second-order valence-electron chi connectivity index (χ2n) is 7.66. The van der Waals surface area contributed by atoms with Gasteiger partial charge in [0.2, 0.25) is 18.2 Å². The fraction of sp³-hybridized carbons (Fsp3) is 0.550. The van der Waals surface area contributed by atoms with Gasteiger partial charge in [0, 0.05) is 45.9 Å². The molecule has 2 N–H and O–H groups in total. The molecule has 2 fully saturated rings. The van der Waals surface area contributed by atoms with E-state index >= 15 is 0 Å². The molecule has 0 bridgehead atoms. The lowest BCUT2D eigenvalue weighted by Crippen LogP contribution is -2.52. The summed E-state index contributed by atoms with van der Waals surface area (Å²) in [5.41, 5.74) is 2.53. The highest BCUT2D eigenvalue weighted by Crippen LogP contribution is 2.35. The Morgan fingerprint density at radius 1 is 1.18 bits per heavy atom. The van der Waals surface area contributed by atoms with E-state index in [-0.39, 0.29) is 18.9 Å². The summed E-state index contributed by atoms with van der Waals surface area (Å²) in [6.45, 7) is 1.99. The van der Waals surface area contributed by atoms with Gasteiger partial charge in [0.05, 0.1) is 11.4 Å². The van der Waals surface area contributed by atoms with Crippen LogP contribution in [0.25, 0.3) is 0 Å². The van der Waals surface area contributed by atoms with Gasteiger partial charge in [-0.25, -0.2) is 0 Å². The molecule has 0 spiro atoms. The van der Waals surface area contributed by atoms with Crippen LogP contribution in [0, 0.1) is 5.92 Å². The molecule has 1 atom stereocenters. The molecule has 3 rings (SSSR count). The number of benzene rings is 1. The number of anilines is 3. The van der Waals surface area contributed by atoms with Gasteiger partial charge >= 0.3 is 0 Å². The number of hydrogen-bond acceptors (Lipinski definition) is 6. The number of imide groups is 1. The molecule has 152 valence electrons. The van der Waals surface area contributed by atoms with Crippen molar-refractivity contribution in [3.05, 3.63) is 18.2 Å². The molecule has 1 aromatic rings. The predicted octanol–water partition coefficient (Wildman–Crippen LogP) is 0.729. The molecule has 1 aromatic carbocycles. The van der Waals surface area contributed by atoms with Crippen LogP contribution in [-0.2, 0) is 14.4 Å². The van der Waals surface area contributed by atoms with Crippen LogP contribution in [0.5, 0.6) is 0 Å². The predicted molar refractivity (Wildman–Crippen MR) is 108 cm³/mol. The number of hydrogen-bond donors (Lipinski definition) is 2. The SMILES string of the molecule is CN(C)c1cc(N2CCC(CO)CC2)ccc1N(C=O)C1CCC(=O)NC1=O. The van der Waals surface area contributed by atoms with Crippen molar-refractivity contribution in [1.82, 2.24) is 5.32 Å². The molecule has 28 heavy (non-hydrogen) atoms. The molecule has 2 heterocycles. The maximum Gasteiger partial charge on any atom is 0.249 e.